The van der Waals surface area contributed by atoms with Gasteiger partial charge in [0.15, 0.2) is 0 Å². The molecular formula is C36H21NO. The van der Waals surface area contributed by atoms with Crippen LogP contribution >= 0.6 is 0 Å². The summed E-state index contributed by atoms with van der Waals surface area (Å²) in [6, 6.07) is 45.8. The van der Waals surface area contributed by atoms with Crippen molar-refractivity contribution in [1.82, 2.24) is 4.57 Å². The topological polar surface area (TPSA) is 18.1 Å². The maximum atomic E-state index is 6.53. The van der Waals surface area contributed by atoms with Crippen LogP contribution in [0.1, 0.15) is 0 Å². The first-order chi connectivity index (χ1) is 18.9. The Balaban J connectivity index is 1.53. The number of benzene rings is 7. The molecule has 38 heavy (non-hydrogen) atoms. The summed E-state index contributed by atoms with van der Waals surface area (Å²) in [5.74, 6) is 0. The average molecular weight is 484 g/mol. The summed E-state index contributed by atoms with van der Waals surface area (Å²) >= 11 is 0. The van der Waals surface area contributed by atoms with Gasteiger partial charge in [-0.05, 0) is 57.3 Å². The number of fused-ring (bicyclic) bond motifs is 13. The highest BCUT2D eigenvalue weighted by Gasteiger charge is 2.20. The Labute approximate surface area is 217 Å². The van der Waals surface area contributed by atoms with Gasteiger partial charge in [-0.25, -0.2) is 0 Å². The molecule has 0 N–H and O–H groups in total. The third-order valence-corrected chi connectivity index (χ3v) is 8.17. The van der Waals surface area contributed by atoms with Crippen molar-refractivity contribution in [1.29, 1.82) is 0 Å². The van der Waals surface area contributed by atoms with Crippen LogP contribution in [0.3, 0.4) is 0 Å². The molecule has 0 atom stereocenters. The van der Waals surface area contributed by atoms with Gasteiger partial charge in [0, 0.05) is 21.5 Å². The summed E-state index contributed by atoms with van der Waals surface area (Å²) in [5, 5.41) is 12.3. The molecule has 0 aliphatic rings. The van der Waals surface area contributed by atoms with Crippen molar-refractivity contribution >= 4 is 76.1 Å². The molecule has 2 heterocycles. The second kappa shape index (κ2) is 7.24. The van der Waals surface area contributed by atoms with Crippen LogP contribution in [-0.4, -0.2) is 4.57 Å². The Morgan fingerprint density at radius 1 is 0.368 bits per heavy atom. The van der Waals surface area contributed by atoms with Gasteiger partial charge < -0.3 is 8.98 Å². The molecular weight excluding hydrogens is 462 g/mol. The van der Waals surface area contributed by atoms with Gasteiger partial charge in [-0.2, -0.15) is 0 Å². The minimum absolute atomic E-state index is 0.925. The fourth-order valence-electron chi connectivity index (χ4n) is 6.62. The quantitative estimate of drug-likeness (QED) is 0.212. The number of aromatic nitrogens is 1. The third kappa shape index (κ3) is 2.47. The average Bonchev–Trinajstić information content (AvgIpc) is 3.53. The highest BCUT2D eigenvalue weighted by Crippen LogP contribution is 2.43. The molecule has 2 aromatic heterocycles. The second-order valence-corrected chi connectivity index (χ2v) is 10.1. The first-order valence-corrected chi connectivity index (χ1v) is 13.0. The Kier molecular flexibility index (Phi) is 3.82. The Hall–Kier alpha value is -5.08. The number of hydrogen-bond donors (Lipinski definition) is 0. The molecule has 7 aromatic carbocycles. The highest BCUT2D eigenvalue weighted by molar-refractivity contribution is 6.29. The van der Waals surface area contributed by atoms with Crippen molar-refractivity contribution in [3.63, 3.8) is 0 Å². The van der Waals surface area contributed by atoms with Crippen LogP contribution in [0.15, 0.2) is 132 Å². The fourth-order valence-corrected chi connectivity index (χ4v) is 6.62. The highest BCUT2D eigenvalue weighted by atomic mass is 16.3. The maximum Gasteiger partial charge on any atom is 0.145 e. The molecule has 0 aliphatic carbocycles. The predicted molar refractivity (Wildman–Crippen MR) is 161 cm³/mol. The van der Waals surface area contributed by atoms with Crippen LogP contribution in [0.4, 0.5) is 0 Å². The molecule has 0 unspecified atom stereocenters. The SMILES string of the molecule is c1ccc2c(c1)oc1c2ccc2c1c1ccccc1n2-c1cccc2c3ccccc3c3ccccc3c12. The van der Waals surface area contributed by atoms with Crippen LogP contribution in [0.25, 0.3) is 81.7 Å². The molecule has 0 amide bonds. The van der Waals surface area contributed by atoms with E-state index in [4.69, 9.17) is 4.42 Å². The van der Waals surface area contributed by atoms with Crippen molar-refractivity contribution in [2.75, 3.05) is 0 Å². The summed E-state index contributed by atoms with van der Waals surface area (Å²) in [7, 11) is 0. The van der Waals surface area contributed by atoms with E-state index in [0.29, 0.717) is 0 Å². The number of hydrogen-bond acceptors (Lipinski definition) is 1. The van der Waals surface area contributed by atoms with E-state index in [9.17, 15) is 0 Å². The molecule has 0 spiro atoms. The van der Waals surface area contributed by atoms with Gasteiger partial charge in [0.25, 0.3) is 0 Å². The van der Waals surface area contributed by atoms with Crippen LogP contribution < -0.4 is 0 Å². The van der Waals surface area contributed by atoms with E-state index in [1.807, 2.05) is 6.07 Å². The lowest BCUT2D eigenvalue weighted by atomic mass is 9.93. The van der Waals surface area contributed by atoms with E-state index < -0.39 is 0 Å². The normalized spacial score (nSPS) is 12.2. The van der Waals surface area contributed by atoms with Crippen LogP contribution in [0.2, 0.25) is 0 Å². The van der Waals surface area contributed by atoms with Gasteiger partial charge >= 0.3 is 0 Å². The molecule has 2 heteroatoms. The third-order valence-electron chi connectivity index (χ3n) is 8.17. The first kappa shape index (κ1) is 20.0. The van der Waals surface area contributed by atoms with E-state index in [0.717, 1.165) is 32.8 Å². The van der Waals surface area contributed by atoms with Crippen molar-refractivity contribution in [3.8, 4) is 5.69 Å². The first-order valence-electron chi connectivity index (χ1n) is 13.0. The Morgan fingerprint density at radius 2 is 0.947 bits per heavy atom. The lowest BCUT2D eigenvalue weighted by molar-refractivity contribution is 0.673. The lowest BCUT2D eigenvalue weighted by Crippen LogP contribution is -1.96. The summed E-state index contributed by atoms with van der Waals surface area (Å²) in [5.41, 5.74) is 5.40. The standard InChI is InChI=1S/C36H21NO/c1-2-11-24-22(10-1)23-12-3-4-14-26(23)34-27(24)16-9-18-31(34)37-30-17-7-5-15-29(30)35-32(37)21-20-28-25-13-6-8-19-33(25)38-36(28)35/h1-21H. The van der Waals surface area contributed by atoms with E-state index in [2.05, 4.69) is 126 Å². The minimum atomic E-state index is 0.925. The van der Waals surface area contributed by atoms with Gasteiger partial charge in [0.1, 0.15) is 11.2 Å². The van der Waals surface area contributed by atoms with Gasteiger partial charge in [0.05, 0.1) is 22.1 Å². The van der Waals surface area contributed by atoms with E-state index >= 15 is 0 Å². The monoisotopic (exact) mass is 483 g/mol. The van der Waals surface area contributed by atoms with E-state index in [1.54, 1.807) is 0 Å². The zero-order valence-electron chi connectivity index (χ0n) is 20.5. The molecule has 0 saturated carbocycles. The minimum Gasteiger partial charge on any atom is -0.455 e. The molecule has 0 fully saturated rings. The van der Waals surface area contributed by atoms with Gasteiger partial charge in [-0.3, -0.25) is 0 Å². The zero-order valence-corrected chi connectivity index (χ0v) is 20.5. The largest absolute Gasteiger partial charge is 0.455 e. The maximum absolute atomic E-state index is 6.53. The Bertz CT molecular complexity index is 2360. The molecule has 0 saturated heterocycles. The Morgan fingerprint density at radius 3 is 1.71 bits per heavy atom. The van der Waals surface area contributed by atoms with Crippen molar-refractivity contribution in [3.05, 3.63) is 127 Å². The van der Waals surface area contributed by atoms with E-state index in [1.165, 1.54) is 48.9 Å². The van der Waals surface area contributed by atoms with Gasteiger partial charge in [-0.1, -0.05) is 97.1 Å². The summed E-state index contributed by atoms with van der Waals surface area (Å²) in [6.45, 7) is 0. The van der Waals surface area contributed by atoms with Crippen LogP contribution in [0, 0.1) is 0 Å². The molecule has 0 bridgehead atoms. The number of rotatable bonds is 1. The summed E-state index contributed by atoms with van der Waals surface area (Å²) in [4.78, 5) is 0. The lowest BCUT2D eigenvalue weighted by Gasteiger charge is -2.16. The molecule has 2 nitrogen and oxygen atoms in total. The van der Waals surface area contributed by atoms with Crippen molar-refractivity contribution in [2.45, 2.75) is 0 Å². The summed E-state index contributed by atoms with van der Waals surface area (Å²) < 4.78 is 8.96. The molecule has 0 radical (unpaired) electrons. The number of furan rings is 1. The van der Waals surface area contributed by atoms with Crippen molar-refractivity contribution in [2.24, 2.45) is 0 Å². The molecule has 176 valence electrons. The number of para-hydroxylation sites is 2. The van der Waals surface area contributed by atoms with E-state index in [-0.39, 0.29) is 0 Å². The molecule has 0 aliphatic heterocycles. The van der Waals surface area contributed by atoms with Crippen LogP contribution in [-0.2, 0) is 0 Å². The number of nitrogens with zero attached hydrogens (tertiary/aromatic N) is 1. The smallest absolute Gasteiger partial charge is 0.145 e. The van der Waals surface area contributed by atoms with Gasteiger partial charge in [0.2, 0.25) is 0 Å². The van der Waals surface area contributed by atoms with Crippen LogP contribution in [0.5, 0.6) is 0 Å². The predicted octanol–water partition coefficient (Wildman–Crippen LogP) is 10.1. The van der Waals surface area contributed by atoms with Gasteiger partial charge in [-0.15, -0.1) is 0 Å². The molecule has 9 rings (SSSR count). The fraction of sp³-hybridized carbons (Fsp3) is 0. The molecule has 9 aromatic rings. The summed E-state index contributed by atoms with van der Waals surface area (Å²) in [6.07, 6.45) is 0. The second-order valence-electron chi connectivity index (χ2n) is 10.1. The zero-order chi connectivity index (χ0) is 24.8. The van der Waals surface area contributed by atoms with Crippen molar-refractivity contribution < 1.29 is 4.42 Å².